The third-order valence-electron chi connectivity index (χ3n) is 7.62. The molecular weight excluding hydrogens is 513 g/mol. The maximum atomic E-state index is 13.5. The van der Waals surface area contributed by atoms with Crippen molar-refractivity contribution in [3.05, 3.63) is 69.7 Å². The molecule has 37 heavy (non-hydrogen) atoms. The van der Waals surface area contributed by atoms with Crippen LogP contribution in [0.15, 0.2) is 48.5 Å². The van der Waals surface area contributed by atoms with Crippen molar-refractivity contribution in [3.8, 4) is 6.07 Å². The van der Waals surface area contributed by atoms with E-state index in [1.807, 2.05) is 18.2 Å². The molecule has 2 fully saturated rings. The summed E-state index contributed by atoms with van der Waals surface area (Å²) in [5, 5.41) is 25.6. The van der Waals surface area contributed by atoms with Crippen LogP contribution >= 0.6 is 23.2 Å². The number of carbonyl (C=O) groups excluding carboxylic acids is 2. The molecule has 5 atom stereocenters. The standard InChI is InChI=1S/C28H31Cl2N3O4/c29-20-11-9-19(10-12-20)28(16-31)24(18-7-4-8-21(30)13-18)25(27(36)37-15-22(34)14-23(32)35)33-26(28)17-5-2-1-3-6-17/h4,7-13,17,22,24-26,33-34H,1-3,5-6,14-15H2,(H2,32,35)/t22-,24-,25+,26-,28+/m0/s1. The summed E-state index contributed by atoms with van der Waals surface area (Å²) in [5.41, 5.74) is 5.53. The van der Waals surface area contributed by atoms with Gasteiger partial charge in [-0.3, -0.25) is 14.9 Å². The Bertz CT molecular complexity index is 1160. The minimum atomic E-state index is -1.21. The second kappa shape index (κ2) is 11.8. The lowest BCUT2D eigenvalue weighted by molar-refractivity contribution is -0.150. The summed E-state index contributed by atoms with van der Waals surface area (Å²) < 4.78 is 5.48. The van der Waals surface area contributed by atoms with Crippen molar-refractivity contribution in [2.75, 3.05) is 6.61 Å². The van der Waals surface area contributed by atoms with Crippen molar-refractivity contribution in [1.29, 1.82) is 5.26 Å². The molecule has 2 aliphatic rings. The third-order valence-corrected chi connectivity index (χ3v) is 8.11. The number of halogens is 2. The molecule has 1 saturated carbocycles. The van der Waals surface area contributed by atoms with Crippen LogP contribution in [0.2, 0.25) is 10.0 Å². The van der Waals surface area contributed by atoms with E-state index in [1.165, 1.54) is 0 Å². The van der Waals surface area contributed by atoms with E-state index >= 15 is 0 Å². The zero-order valence-corrected chi connectivity index (χ0v) is 21.9. The zero-order valence-electron chi connectivity index (χ0n) is 20.4. The molecule has 7 nitrogen and oxygen atoms in total. The van der Waals surface area contributed by atoms with Crippen molar-refractivity contribution in [2.24, 2.45) is 11.7 Å². The first kappa shape index (κ1) is 27.4. The van der Waals surface area contributed by atoms with E-state index in [0.717, 1.165) is 43.2 Å². The number of aliphatic hydroxyl groups excluding tert-OH is 1. The predicted molar refractivity (Wildman–Crippen MR) is 141 cm³/mol. The summed E-state index contributed by atoms with van der Waals surface area (Å²) >= 11 is 12.6. The maximum absolute atomic E-state index is 13.5. The van der Waals surface area contributed by atoms with Gasteiger partial charge in [-0.1, -0.05) is 66.7 Å². The molecule has 0 radical (unpaired) electrons. The molecule has 1 saturated heterocycles. The number of benzene rings is 2. The molecule has 0 aromatic heterocycles. The molecule has 0 bridgehead atoms. The van der Waals surface area contributed by atoms with Gasteiger partial charge in [-0.2, -0.15) is 5.26 Å². The Labute approximate surface area is 226 Å². The first-order valence-corrected chi connectivity index (χ1v) is 13.3. The smallest absolute Gasteiger partial charge is 0.323 e. The molecular formula is C28H31Cl2N3O4. The molecule has 9 heteroatoms. The molecule has 2 aromatic carbocycles. The quantitative estimate of drug-likeness (QED) is 0.427. The summed E-state index contributed by atoms with van der Waals surface area (Å²) in [7, 11) is 0. The Balaban J connectivity index is 1.81. The number of nitrogens with zero attached hydrogens (tertiary/aromatic N) is 1. The molecule has 1 aliphatic carbocycles. The van der Waals surface area contributed by atoms with Gasteiger partial charge in [0.25, 0.3) is 0 Å². The van der Waals surface area contributed by atoms with Gasteiger partial charge in [0.15, 0.2) is 0 Å². The average Bonchev–Trinajstić information content (AvgIpc) is 3.24. The van der Waals surface area contributed by atoms with E-state index in [-0.39, 0.29) is 25.0 Å². The number of hydrogen-bond donors (Lipinski definition) is 3. The first-order valence-electron chi connectivity index (χ1n) is 12.6. The molecule has 0 spiro atoms. The maximum Gasteiger partial charge on any atom is 0.323 e. The third kappa shape index (κ3) is 5.78. The van der Waals surface area contributed by atoms with Gasteiger partial charge in [0.2, 0.25) is 5.91 Å². The molecule has 1 amide bonds. The van der Waals surface area contributed by atoms with Crippen molar-refractivity contribution in [3.63, 3.8) is 0 Å². The van der Waals surface area contributed by atoms with Crippen molar-refractivity contribution >= 4 is 35.1 Å². The summed E-state index contributed by atoms with van der Waals surface area (Å²) in [4.78, 5) is 24.7. The van der Waals surface area contributed by atoms with Crippen LogP contribution in [-0.2, 0) is 19.7 Å². The number of primary amides is 1. The van der Waals surface area contributed by atoms with Gasteiger partial charge >= 0.3 is 5.97 Å². The molecule has 196 valence electrons. The largest absolute Gasteiger partial charge is 0.462 e. The molecule has 4 rings (SSSR count). The van der Waals surface area contributed by atoms with Gasteiger partial charge in [0.1, 0.15) is 18.1 Å². The van der Waals surface area contributed by atoms with Gasteiger partial charge in [-0.15, -0.1) is 0 Å². The Morgan fingerprint density at radius 3 is 2.46 bits per heavy atom. The topological polar surface area (TPSA) is 125 Å². The second-order valence-corrected chi connectivity index (χ2v) is 10.9. The normalized spacial score (nSPS) is 26.8. The van der Waals surface area contributed by atoms with E-state index in [9.17, 15) is 20.0 Å². The highest BCUT2D eigenvalue weighted by Crippen LogP contribution is 2.52. The number of aliphatic hydroxyl groups is 1. The molecule has 4 N–H and O–H groups in total. The molecule has 0 unspecified atom stereocenters. The molecule has 1 heterocycles. The lowest BCUT2D eigenvalue weighted by atomic mass is 9.61. The zero-order chi connectivity index (χ0) is 26.6. The number of nitrogens with two attached hydrogens (primary N) is 1. The lowest BCUT2D eigenvalue weighted by Gasteiger charge is -2.39. The van der Waals surface area contributed by atoms with Gasteiger partial charge in [-0.05, 0) is 54.2 Å². The van der Waals surface area contributed by atoms with Gasteiger partial charge < -0.3 is 15.6 Å². The SMILES string of the molecule is N#C[C@]1(c2ccc(Cl)cc2)[C@H](C2CCCCC2)N[C@@H](C(=O)OC[C@@H](O)CC(N)=O)[C@@H]1c1cccc(Cl)c1. The van der Waals surface area contributed by atoms with Gasteiger partial charge in [0.05, 0.1) is 18.6 Å². The van der Waals surface area contributed by atoms with E-state index in [0.29, 0.717) is 10.0 Å². The number of rotatable bonds is 8. The number of esters is 1. The Morgan fingerprint density at radius 1 is 1.14 bits per heavy atom. The van der Waals surface area contributed by atoms with Gasteiger partial charge in [0, 0.05) is 22.0 Å². The number of carbonyl (C=O) groups is 2. The van der Waals surface area contributed by atoms with E-state index in [4.69, 9.17) is 33.7 Å². The lowest BCUT2D eigenvalue weighted by Crippen LogP contribution is -2.47. The average molecular weight is 544 g/mol. The highest BCUT2D eigenvalue weighted by molar-refractivity contribution is 6.30. The highest BCUT2D eigenvalue weighted by atomic mass is 35.5. The predicted octanol–water partition coefficient (Wildman–Crippen LogP) is 4.24. The van der Waals surface area contributed by atoms with Crippen molar-refractivity contribution in [1.82, 2.24) is 5.32 Å². The minimum absolute atomic E-state index is 0.170. The Kier molecular flexibility index (Phi) is 8.76. The van der Waals surface area contributed by atoms with E-state index in [2.05, 4.69) is 11.4 Å². The summed E-state index contributed by atoms with van der Waals surface area (Å²) in [6, 6.07) is 15.8. The Hall–Kier alpha value is -2.63. The van der Waals surface area contributed by atoms with Crippen LogP contribution in [0.5, 0.6) is 0 Å². The van der Waals surface area contributed by atoms with Crippen LogP contribution in [0.25, 0.3) is 0 Å². The van der Waals surface area contributed by atoms with Crippen LogP contribution < -0.4 is 11.1 Å². The molecule has 2 aromatic rings. The van der Waals surface area contributed by atoms with E-state index in [1.54, 1.807) is 30.3 Å². The number of nitriles is 1. The van der Waals surface area contributed by atoms with Gasteiger partial charge in [-0.25, -0.2) is 0 Å². The number of hydrogen-bond acceptors (Lipinski definition) is 6. The van der Waals surface area contributed by atoms with Crippen LogP contribution in [-0.4, -0.2) is 41.8 Å². The molecule has 1 aliphatic heterocycles. The van der Waals surface area contributed by atoms with Crippen LogP contribution in [0.1, 0.15) is 55.6 Å². The first-order chi connectivity index (χ1) is 17.8. The monoisotopic (exact) mass is 543 g/mol. The number of ether oxygens (including phenoxy) is 1. The van der Waals surface area contributed by atoms with Crippen LogP contribution in [0.4, 0.5) is 0 Å². The fourth-order valence-electron chi connectivity index (χ4n) is 6.06. The minimum Gasteiger partial charge on any atom is -0.462 e. The van der Waals surface area contributed by atoms with Crippen molar-refractivity contribution < 1.29 is 19.4 Å². The summed E-state index contributed by atoms with van der Waals surface area (Å²) in [6.07, 6.45) is 3.61. The highest BCUT2D eigenvalue weighted by Gasteiger charge is 2.61. The second-order valence-electron chi connectivity index (χ2n) is 9.99. The van der Waals surface area contributed by atoms with E-state index < -0.39 is 35.4 Å². The summed E-state index contributed by atoms with van der Waals surface area (Å²) in [5.74, 6) is -1.77. The fraction of sp³-hybridized carbons (Fsp3) is 0.464. The fourth-order valence-corrected chi connectivity index (χ4v) is 6.38. The number of amides is 1. The van der Waals surface area contributed by atoms with Crippen LogP contribution in [0.3, 0.4) is 0 Å². The number of nitrogens with one attached hydrogen (secondary N) is 1. The summed E-state index contributed by atoms with van der Waals surface area (Å²) in [6.45, 7) is -0.378. The van der Waals surface area contributed by atoms with Crippen LogP contribution in [0, 0.1) is 17.2 Å². The Morgan fingerprint density at radius 2 is 1.84 bits per heavy atom. The van der Waals surface area contributed by atoms with Crippen molar-refractivity contribution in [2.45, 2.75) is 68.0 Å².